The fraction of sp³-hybridized carbons (Fsp3) is 0.240. The Balaban J connectivity index is 1.56. The smallest absolute Gasteiger partial charge is 0.254 e. The van der Waals surface area contributed by atoms with Gasteiger partial charge < -0.3 is 14.4 Å². The van der Waals surface area contributed by atoms with Gasteiger partial charge in [-0.25, -0.2) is 0 Å². The predicted octanol–water partition coefficient (Wildman–Crippen LogP) is 5.35. The lowest BCUT2D eigenvalue weighted by Crippen LogP contribution is -2.30. The van der Waals surface area contributed by atoms with Crippen LogP contribution >= 0.6 is 0 Å². The van der Waals surface area contributed by atoms with Crippen LogP contribution in [0.1, 0.15) is 34.8 Å². The fourth-order valence-electron chi connectivity index (χ4n) is 4.02. The molecule has 1 heterocycles. The Morgan fingerprint density at radius 2 is 1.55 bits per heavy atom. The number of benzene rings is 3. The van der Waals surface area contributed by atoms with Crippen LogP contribution in [0.4, 0.5) is 0 Å². The number of carbonyl (C=O) groups excluding carboxylic acids is 1. The van der Waals surface area contributed by atoms with Crippen molar-refractivity contribution in [1.82, 2.24) is 4.90 Å². The van der Waals surface area contributed by atoms with Gasteiger partial charge in [-0.2, -0.15) is 0 Å². The summed E-state index contributed by atoms with van der Waals surface area (Å²) in [5.74, 6) is 1.46. The van der Waals surface area contributed by atoms with Gasteiger partial charge in [-0.05, 0) is 53.8 Å². The zero-order valence-corrected chi connectivity index (χ0v) is 16.8. The minimum atomic E-state index is 0.0519. The summed E-state index contributed by atoms with van der Waals surface area (Å²) in [6.45, 7) is 0.762. The molecule has 1 saturated heterocycles. The van der Waals surface area contributed by atoms with Gasteiger partial charge in [0.25, 0.3) is 5.91 Å². The van der Waals surface area contributed by atoms with Crippen molar-refractivity contribution in [2.24, 2.45) is 0 Å². The van der Waals surface area contributed by atoms with Crippen LogP contribution in [0.25, 0.3) is 11.1 Å². The van der Waals surface area contributed by atoms with E-state index in [1.54, 1.807) is 14.2 Å². The molecule has 0 N–H and O–H groups in total. The first kappa shape index (κ1) is 19.1. The molecule has 0 aromatic heterocycles. The fourth-order valence-corrected chi connectivity index (χ4v) is 4.02. The maximum Gasteiger partial charge on any atom is 0.254 e. The van der Waals surface area contributed by atoms with Crippen LogP contribution in [-0.4, -0.2) is 31.6 Å². The van der Waals surface area contributed by atoms with Crippen LogP contribution in [0.3, 0.4) is 0 Å². The van der Waals surface area contributed by atoms with Crippen molar-refractivity contribution in [2.45, 2.75) is 18.9 Å². The van der Waals surface area contributed by atoms with E-state index in [-0.39, 0.29) is 11.9 Å². The molecule has 148 valence electrons. The number of amides is 1. The molecule has 3 aromatic carbocycles. The Bertz CT molecular complexity index is 983. The molecule has 0 aliphatic carbocycles. The highest BCUT2D eigenvalue weighted by atomic mass is 16.5. The highest BCUT2D eigenvalue weighted by molar-refractivity contribution is 5.95. The van der Waals surface area contributed by atoms with Crippen molar-refractivity contribution in [3.8, 4) is 22.6 Å². The van der Waals surface area contributed by atoms with Crippen LogP contribution in [-0.2, 0) is 0 Å². The molecule has 29 heavy (non-hydrogen) atoms. The summed E-state index contributed by atoms with van der Waals surface area (Å²) in [7, 11) is 3.26. The molecule has 0 unspecified atom stereocenters. The lowest BCUT2D eigenvalue weighted by Gasteiger charge is -2.26. The van der Waals surface area contributed by atoms with Gasteiger partial charge in [-0.1, -0.05) is 48.5 Å². The molecule has 0 radical (unpaired) electrons. The summed E-state index contributed by atoms with van der Waals surface area (Å²) in [5.41, 5.74) is 4.06. The first-order valence-corrected chi connectivity index (χ1v) is 9.89. The molecule has 4 heteroatoms. The number of methoxy groups -OCH3 is 2. The molecular weight excluding hydrogens is 362 g/mol. The van der Waals surface area contributed by atoms with Crippen molar-refractivity contribution < 1.29 is 14.3 Å². The molecule has 1 amide bonds. The summed E-state index contributed by atoms with van der Waals surface area (Å²) in [5, 5.41) is 0. The second-order valence-corrected chi connectivity index (χ2v) is 7.21. The average Bonchev–Trinajstić information content (AvgIpc) is 3.28. The van der Waals surface area contributed by atoms with Crippen molar-refractivity contribution in [3.63, 3.8) is 0 Å². The average molecular weight is 387 g/mol. The van der Waals surface area contributed by atoms with Crippen LogP contribution in [0.15, 0.2) is 72.8 Å². The minimum Gasteiger partial charge on any atom is -0.493 e. The Morgan fingerprint density at radius 3 is 2.24 bits per heavy atom. The Morgan fingerprint density at radius 1 is 0.862 bits per heavy atom. The van der Waals surface area contributed by atoms with E-state index in [0.29, 0.717) is 11.5 Å². The van der Waals surface area contributed by atoms with Crippen molar-refractivity contribution in [1.29, 1.82) is 0 Å². The van der Waals surface area contributed by atoms with E-state index < -0.39 is 0 Å². The maximum atomic E-state index is 13.2. The Hall–Kier alpha value is -3.27. The number of hydrogen-bond acceptors (Lipinski definition) is 3. The topological polar surface area (TPSA) is 38.8 Å². The number of likely N-dealkylation sites (tertiary alicyclic amines) is 1. The van der Waals surface area contributed by atoms with Gasteiger partial charge in [0.05, 0.1) is 20.3 Å². The lowest BCUT2D eigenvalue weighted by molar-refractivity contribution is 0.0735. The SMILES string of the molecule is COc1ccc([C@H]2CCCN2C(=O)c2ccc(-c3ccccc3)cc2)cc1OC. The monoisotopic (exact) mass is 387 g/mol. The largest absolute Gasteiger partial charge is 0.493 e. The van der Waals surface area contributed by atoms with Gasteiger partial charge >= 0.3 is 0 Å². The van der Waals surface area contributed by atoms with Crippen LogP contribution in [0.2, 0.25) is 0 Å². The van der Waals surface area contributed by atoms with Crippen LogP contribution in [0.5, 0.6) is 11.5 Å². The van der Waals surface area contributed by atoms with Crippen molar-refractivity contribution in [2.75, 3.05) is 20.8 Å². The number of ether oxygens (including phenoxy) is 2. The molecule has 4 nitrogen and oxygen atoms in total. The molecule has 1 fully saturated rings. The molecule has 3 aromatic rings. The third-order valence-electron chi connectivity index (χ3n) is 5.55. The lowest BCUT2D eigenvalue weighted by atomic mass is 10.0. The number of rotatable bonds is 5. The summed E-state index contributed by atoms with van der Waals surface area (Å²) in [6, 6.07) is 24.0. The standard InChI is InChI=1S/C25H25NO3/c1-28-23-15-14-21(17-24(23)29-2)22-9-6-16-26(22)25(27)20-12-10-19(11-13-20)18-7-4-3-5-8-18/h3-5,7-8,10-15,17,22H,6,9,16H2,1-2H3/t22-/m1/s1. The number of hydrogen-bond donors (Lipinski definition) is 0. The Kier molecular flexibility index (Phi) is 5.52. The normalized spacial score (nSPS) is 15.9. The zero-order valence-electron chi connectivity index (χ0n) is 16.8. The predicted molar refractivity (Wildman–Crippen MR) is 114 cm³/mol. The molecule has 0 saturated carbocycles. The summed E-state index contributed by atoms with van der Waals surface area (Å²) >= 11 is 0. The summed E-state index contributed by atoms with van der Waals surface area (Å²) in [6.07, 6.45) is 1.94. The van der Waals surface area contributed by atoms with Gasteiger partial charge in [-0.3, -0.25) is 4.79 Å². The van der Waals surface area contributed by atoms with Crippen LogP contribution in [0, 0.1) is 0 Å². The van der Waals surface area contributed by atoms with Gasteiger partial charge in [-0.15, -0.1) is 0 Å². The quantitative estimate of drug-likeness (QED) is 0.592. The first-order valence-electron chi connectivity index (χ1n) is 9.89. The highest BCUT2D eigenvalue weighted by Gasteiger charge is 2.31. The van der Waals surface area contributed by atoms with Gasteiger partial charge in [0.1, 0.15) is 0 Å². The molecule has 4 rings (SSSR count). The summed E-state index contributed by atoms with van der Waals surface area (Å²) < 4.78 is 10.8. The maximum absolute atomic E-state index is 13.2. The second-order valence-electron chi connectivity index (χ2n) is 7.21. The van der Waals surface area contributed by atoms with Gasteiger partial charge in [0.15, 0.2) is 11.5 Å². The van der Waals surface area contributed by atoms with Gasteiger partial charge in [0.2, 0.25) is 0 Å². The van der Waals surface area contributed by atoms with Gasteiger partial charge in [0, 0.05) is 12.1 Å². The third kappa shape index (κ3) is 3.83. The van der Waals surface area contributed by atoms with E-state index in [1.807, 2.05) is 65.6 Å². The van der Waals surface area contributed by atoms with E-state index in [4.69, 9.17) is 9.47 Å². The zero-order chi connectivity index (χ0) is 20.2. The third-order valence-corrected chi connectivity index (χ3v) is 5.55. The van der Waals surface area contributed by atoms with E-state index >= 15 is 0 Å². The highest BCUT2D eigenvalue weighted by Crippen LogP contribution is 2.37. The van der Waals surface area contributed by atoms with E-state index in [9.17, 15) is 4.79 Å². The van der Waals surface area contributed by atoms with Crippen LogP contribution < -0.4 is 9.47 Å². The molecule has 1 aliphatic rings. The van der Waals surface area contributed by atoms with E-state index in [1.165, 1.54) is 0 Å². The second kappa shape index (κ2) is 8.39. The molecule has 0 bridgehead atoms. The Labute approximate surface area is 171 Å². The first-order chi connectivity index (χ1) is 14.2. The van der Waals surface area contributed by atoms with E-state index in [0.717, 1.165) is 41.6 Å². The molecule has 1 aliphatic heterocycles. The summed E-state index contributed by atoms with van der Waals surface area (Å²) in [4.78, 5) is 15.2. The molecular formula is C25H25NO3. The van der Waals surface area contributed by atoms with Crippen molar-refractivity contribution in [3.05, 3.63) is 83.9 Å². The van der Waals surface area contributed by atoms with E-state index in [2.05, 4.69) is 12.1 Å². The number of nitrogens with zero attached hydrogens (tertiary/aromatic N) is 1. The number of carbonyl (C=O) groups is 1. The molecule has 0 spiro atoms. The minimum absolute atomic E-state index is 0.0519. The molecule has 1 atom stereocenters. The van der Waals surface area contributed by atoms with Crippen molar-refractivity contribution >= 4 is 5.91 Å².